The molecule has 0 aromatic carbocycles. The van der Waals surface area contributed by atoms with E-state index in [-0.39, 0.29) is 12.0 Å². The second kappa shape index (κ2) is 6.78. The van der Waals surface area contributed by atoms with E-state index >= 15 is 0 Å². The molecular weight excluding hydrogens is 188 g/mol. The highest BCUT2D eigenvalue weighted by atomic mass is 16.5. The summed E-state index contributed by atoms with van der Waals surface area (Å²) in [6, 6.07) is 0. The molecule has 2 nitrogen and oxygen atoms in total. The summed E-state index contributed by atoms with van der Waals surface area (Å²) in [4.78, 5) is 11.8. The van der Waals surface area contributed by atoms with Crippen molar-refractivity contribution in [1.29, 1.82) is 0 Å². The van der Waals surface area contributed by atoms with Crippen LogP contribution in [-0.2, 0) is 9.53 Å². The molecule has 1 saturated heterocycles. The van der Waals surface area contributed by atoms with Gasteiger partial charge in [-0.15, -0.1) is 6.58 Å². The number of allylic oxidation sites excluding steroid dienone is 1. The molecule has 0 aliphatic carbocycles. The highest BCUT2D eigenvalue weighted by Crippen LogP contribution is 2.23. The van der Waals surface area contributed by atoms with Gasteiger partial charge in [-0.3, -0.25) is 4.79 Å². The van der Waals surface area contributed by atoms with E-state index in [2.05, 4.69) is 6.58 Å². The first kappa shape index (κ1) is 12.4. The lowest BCUT2D eigenvalue weighted by Gasteiger charge is -2.12. The number of carbonyl (C=O) groups excluding carboxylic acids is 1. The lowest BCUT2D eigenvalue weighted by Crippen LogP contribution is -2.21. The van der Waals surface area contributed by atoms with Gasteiger partial charge in [-0.1, -0.05) is 12.5 Å². The number of hydrogen-bond acceptors (Lipinski definition) is 2. The zero-order chi connectivity index (χ0) is 11.1. The number of rotatable bonds is 7. The maximum Gasteiger partial charge on any atom is 0.138 e. The zero-order valence-corrected chi connectivity index (χ0v) is 9.71. The lowest BCUT2D eigenvalue weighted by atomic mass is 9.93. The third-order valence-electron chi connectivity index (χ3n) is 3.12. The number of ketones is 1. The molecule has 2 unspecified atom stereocenters. The van der Waals surface area contributed by atoms with Gasteiger partial charge in [0, 0.05) is 18.9 Å². The molecule has 1 aliphatic heterocycles. The summed E-state index contributed by atoms with van der Waals surface area (Å²) in [6.45, 7) is 6.45. The molecule has 2 heteroatoms. The minimum absolute atomic E-state index is 0.144. The highest BCUT2D eigenvalue weighted by molar-refractivity contribution is 5.81. The van der Waals surface area contributed by atoms with Gasteiger partial charge in [-0.2, -0.15) is 0 Å². The van der Waals surface area contributed by atoms with E-state index in [1.807, 2.05) is 13.0 Å². The molecule has 1 fully saturated rings. The normalized spacial score (nSPS) is 25.4. The molecule has 0 saturated carbocycles. The molecule has 0 bridgehead atoms. The van der Waals surface area contributed by atoms with E-state index in [1.165, 1.54) is 0 Å². The Balaban J connectivity index is 2.10. The predicted molar refractivity (Wildman–Crippen MR) is 61.8 cm³/mol. The Morgan fingerprint density at radius 1 is 1.47 bits per heavy atom. The molecule has 86 valence electrons. The second-order valence-electron chi connectivity index (χ2n) is 4.33. The molecule has 0 amide bonds. The molecule has 0 aromatic rings. The van der Waals surface area contributed by atoms with Gasteiger partial charge in [0.15, 0.2) is 0 Å². The van der Waals surface area contributed by atoms with Crippen molar-refractivity contribution in [2.45, 2.75) is 51.6 Å². The molecule has 0 spiro atoms. The van der Waals surface area contributed by atoms with Crippen LogP contribution in [0.2, 0.25) is 0 Å². The quantitative estimate of drug-likeness (QED) is 0.476. The van der Waals surface area contributed by atoms with Gasteiger partial charge in [0.25, 0.3) is 0 Å². The number of ether oxygens (including phenoxy) is 1. The van der Waals surface area contributed by atoms with Crippen LogP contribution < -0.4 is 0 Å². The number of hydrogen-bond donors (Lipinski definition) is 0. The van der Waals surface area contributed by atoms with Crippen LogP contribution in [0.15, 0.2) is 12.7 Å². The number of Topliss-reactive ketones (excluding diaryl/α,β-unsaturated/α-hetero) is 1. The summed E-state index contributed by atoms with van der Waals surface area (Å²) >= 11 is 0. The van der Waals surface area contributed by atoms with E-state index in [0.717, 1.165) is 45.1 Å². The Kier molecular flexibility index (Phi) is 5.62. The Labute approximate surface area is 92.7 Å². The highest BCUT2D eigenvalue weighted by Gasteiger charge is 2.29. The van der Waals surface area contributed by atoms with Gasteiger partial charge in [0.2, 0.25) is 0 Å². The Morgan fingerprint density at radius 2 is 2.27 bits per heavy atom. The van der Waals surface area contributed by atoms with Crippen LogP contribution >= 0.6 is 0 Å². The molecule has 0 radical (unpaired) electrons. The second-order valence-corrected chi connectivity index (χ2v) is 4.33. The van der Waals surface area contributed by atoms with Crippen molar-refractivity contribution in [2.75, 3.05) is 6.61 Å². The Bertz CT molecular complexity index is 211. The van der Waals surface area contributed by atoms with Crippen molar-refractivity contribution in [2.24, 2.45) is 5.92 Å². The Hall–Kier alpha value is -0.630. The first-order chi connectivity index (χ1) is 7.25. The monoisotopic (exact) mass is 210 g/mol. The fourth-order valence-corrected chi connectivity index (χ4v) is 2.10. The van der Waals surface area contributed by atoms with E-state index in [1.54, 1.807) is 0 Å². The van der Waals surface area contributed by atoms with Gasteiger partial charge in [0.1, 0.15) is 5.78 Å². The van der Waals surface area contributed by atoms with Crippen LogP contribution in [-0.4, -0.2) is 18.5 Å². The average Bonchev–Trinajstić information content (AvgIpc) is 2.64. The first-order valence-corrected chi connectivity index (χ1v) is 6.01. The van der Waals surface area contributed by atoms with Crippen molar-refractivity contribution >= 4 is 5.78 Å². The van der Waals surface area contributed by atoms with Crippen LogP contribution in [0.4, 0.5) is 0 Å². The minimum atomic E-state index is 0.144. The minimum Gasteiger partial charge on any atom is -0.378 e. The van der Waals surface area contributed by atoms with Crippen molar-refractivity contribution in [3.8, 4) is 0 Å². The summed E-state index contributed by atoms with van der Waals surface area (Å²) in [5.74, 6) is 0.572. The fourth-order valence-electron chi connectivity index (χ4n) is 2.10. The molecule has 0 aromatic heterocycles. The van der Waals surface area contributed by atoms with Crippen molar-refractivity contribution in [1.82, 2.24) is 0 Å². The van der Waals surface area contributed by atoms with Gasteiger partial charge >= 0.3 is 0 Å². The van der Waals surface area contributed by atoms with Crippen LogP contribution in [0, 0.1) is 5.92 Å². The van der Waals surface area contributed by atoms with Crippen LogP contribution in [0.1, 0.15) is 45.4 Å². The van der Waals surface area contributed by atoms with Gasteiger partial charge in [0.05, 0.1) is 6.10 Å². The van der Waals surface area contributed by atoms with E-state index in [9.17, 15) is 4.79 Å². The third kappa shape index (κ3) is 4.17. The zero-order valence-electron chi connectivity index (χ0n) is 9.71. The molecule has 0 N–H and O–H groups in total. The predicted octanol–water partition coefficient (Wildman–Crippen LogP) is 3.12. The van der Waals surface area contributed by atoms with E-state index in [4.69, 9.17) is 4.74 Å². The first-order valence-electron chi connectivity index (χ1n) is 6.01. The Morgan fingerprint density at radius 3 is 2.87 bits per heavy atom. The van der Waals surface area contributed by atoms with Crippen LogP contribution in [0.25, 0.3) is 0 Å². The van der Waals surface area contributed by atoms with Gasteiger partial charge in [-0.25, -0.2) is 0 Å². The van der Waals surface area contributed by atoms with Crippen molar-refractivity contribution in [3.05, 3.63) is 12.7 Å². The molecule has 1 aliphatic rings. The van der Waals surface area contributed by atoms with E-state index < -0.39 is 0 Å². The third-order valence-corrected chi connectivity index (χ3v) is 3.12. The molecule has 1 heterocycles. The molecule has 15 heavy (non-hydrogen) atoms. The van der Waals surface area contributed by atoms with Crippen LogP contribution in [0.3, 0.4) is 0 Å². The summed E-state index contributed by atoms with van der Waals surface area (Å²) in [7, 11) is 0. The fraction of sp³-hybridized carbons (Fsp3) is 0.769. The topological polar surface area (TPSA) is 26.3 Å². The number of carbonyl (C=O) groups is 1. The van der Waals surface area contributed by atoms with Crippen molar-refractivity contribution in [3.63, 3.8) is 0 Å². The molecular formula is C13H22O2. The van der Waals surface area contributed by atoms with Crippen molar-refractivity contribution < 1.29 is 9.53 Å². The van der Waals surface area contributed by atoms with Gasteiger partial charge < -0.3 is 4.74 Å². The lowest BCUT2D eigenvalue weighted by molar-refractivity contribution is -0.124. The standard InChI is InChI=1S/C13H22O2/c1-3-4-5-6-7-8-13(14)12-9-10-15-11(12)2/h3,11-12H,1,4-10H2,2H3. The van der Waals surface area contributed by atoms with Crippen LogP contribution in [0.5, 0.6) is 0 Å². The smallest absolute Gasteiger partial charge is 0.138 e. The summed E-state index contributed by atoms with van der Waals surface area (Å²) in [5.41, 5.74) is 0. The molecule has 1 rings (SSSR count). The average molecular weight is 210 g/mol. The molecule has 2 atom stereocenters. The van der Waals surface area contributed by atoms with E-state index in [0.29, 0.717) is 5.78 Å². The maximum absolute atomic E-state index is 11.8. The number of unbranched alkanes of at least 4 members (excludes halogenated alkanes) is 3. The summed E-state index contributed by atoms with van der Waals surface area (Å²) in [5, 5.41) is 0. The maximum atomic E-state index is 11.8. The summed E-state index contributed by atoms with van der Waals surface area (Å²) in [6.07, 6.45) is 8.13. The largest absolute Gasteiger partial charge is 0.378 e. The SMILES string of the molecule is C=CCCCCCC(=O)C1CCOC1C. The summed E-state index contributed by atoms with van der Waals surface area (Å²) < 4.78 is 5.40. The van der Waals surface area contributed by atoms with Gasteiger partial charge in [-0.05, 0) is 32.6 Å².